The van der Waals surface area contributed by atoms with Crippen molar-refractivity contribution in [2.24, 2.45) is 0 Å². The van der Waals surface area contributed by atoms with Crippen LogP contribution in [-0.4, -0.2) is 89.0 Å². The quantitative estimate of drug-likeness (QED) is 0.0527. The molecular formula is C37H60O10. The standard InChI is InChI=1S/C37H60O10/c1-3-5-7-9-11-13-14-15-16-18-20-22-24-26-33(40)46-30(29-45-37-36(43)35(42)34(41)31(27-38)47-37)28-44-32(39)25-23-21-19-17-12-10-8-6-4-2/h5,7,9,11,13-16,18,20,30-31,34-38,41-43H,3-4,6,8,10,12,17,19,21-29H2,1-2H3/b7-5+,11-9+,14-13+,16-15+,20-18+/t30?,31-,34+,35?,36?,37-/m1/s1. The maximum absolute atomic E-state index is 12.6. The topological polar surface area (TPSA) is 152 Å². The summed E-state index contributed by atoms with van der Waals surface area (Å²) in [6, 6.07) is 0. The number of hydrogen-bond donors (Lipinski definition) is 4. The number of allylic oxidation sites excluding steroid dienone is 10. The van der Waals surface area contributed by atoms with Crippen LogP contribution in [0.3, 0.4) is 0 Å². The highest BCUT2D eigenvalue weighted by Crippen LogP contribution is 2.22. The van der Waals surface area contributed by atoms with Gasteiger partial charge in [-0.3, -0.25) is 9.59 Å². The van der Waals surface area contributed by atoms with Crippen molar-refractivity contribution in [3.63, 3.8) is 0 Å². The van der Waals surface area contributed by atoms with E-state index >= 15 is 0 Å². The Balaban J connectivity index is 2.53. The number of carbonyl (C=O) groups is 2. The lowest BCUT2D eigenvalue weighted by Crippen LogP contribution is -2.59. The van der Waals surface area contributed by atoms with Crippen LogP contribution in [0.1, 0.15) is 104 Å². The van der Waals surface area contributed by atoms with Crippen molar-refractivity contribution in [3.8, 4) is 0 Å². The molecule has 0 amide bonds. The molecule has 0 saturated carbocycles. The van der Waals surface area contributed by atoms with E-state index in [0.717, 1.165) is 25.7 Å². The van der Waals surface area contributed by atoms with Gasteiger partial charge in [-0.15, -0.1) is 0 Å². The van der Waals surface area contributed by atoms with Gasteiger partial charge in [0.1, 0.15) is 31.0 Å². The molecule has 1 saturated heterocycles. The maximum Gasteiger partial charge on any atom is 0.306 e. The zero-order valence-electron chi connectivity index (χ0n) is 28.5. The predicted molar refractivity (Wildman–Crippen MR) is 182 cm³/mol. The van der Waals surface area contributed by atoms with E-state index in [0.29, 0.717) is 19.3 Å². The van der Waals surface area contributed by atoms with Crippen molar-refractivity contribution in [2.45, 2.75) is 141 Å². The summed E-state index contributed by atoms with van der Waals surface area (Å²) in [5.41, 5.74) is 0. The number of aliphatic hydroxyl groups is 4. The predicted octanol–water partition coefficient (Wildman–Crippen LogP) is 5.54. The molecule has 1 rings (SSSR count). The number of esters is 2. The average molecular weight is 665 g/mol. The summed E-state index contributed by atoms with van der Waals surface area (Å²) in [4.78, 5) is 25.0. The largest absolute Gasteiger partial charge is 0.462 e. The van der Waals surface area contributed by atoms with Crippen LogP contribution in [0.15, 0.2) is 60.8 Å². The van der Waals surface area contributed by atoms with Gasteiger partial charge in [0.15, 0.2) is 12.4 Å². The molecule has 268 valence electrons. The fourth-order valence-electron chi connectivity index (χ4n) is 4.74. The Morgan fingerprint density at radius 2 is 1.26 bits per heavy atom. The van der Waals surface area contributed by atoms with Gasteiger partial charge in [0.25, 0.3) is 0 Å². The molecule has 10 heteroatoms. The Bertz CT molecular complexity index is 955. The summed E-state index contributed by atoms with van der Waals surface area (Å²) in [5, 5.41) is 39.8. The summed E-state index contributed by atoms with van der Waals surface area (Å²) in [6.45, 7) is 3.13. The molecule has 6 atom stereocenters. The van der Waals surface area contributed by atoms with Crippen LogP contribution in [0.25, 0.3) is 0 Å². The zero-order valence-corrected chi connectivity index (χ0v) is 28.5. The molecule has 1 fully saturated rings. The molecule has 1 heterocycles. The molecule has 0 aromatic carbocycles. The van der Waals surface area contributed by atoms with Gasteiger partial charge in [0, 0.05) is 12.8 Å². The summed E-state index contributed by atoms with van der Waals surface area (Å²) in [7, 11) is 0. The number of unbranched alkanes of at least 4 members (excludes halogenated alkanes) is 9. The number of hydrogen-bond acceptors (Lipinski definition) is 10. The lowest BCUT2D eigenvalue weighted by molar-refractivity contribution is -0.305. The Kier molecular flexibility index (Phi) is 25.6. The third kappa shape index (κ3) is 21.1. The van der Waals surface area contributed by atoms with Gasteiger partial charge in [0.2, 0.25) is 0 Å². The fourth-order valence-corrected chi connectivity index (χ4v) is 4.74. The molecule has 1 aliphatic rings. The van der Waals surface area contributed by atoms with Crippen LogP contribution >= 0.6 is 0 Å². The monoisotopic (exact) mass is 664 g/mol. The molecule has 0 aliphatic carbocycles. The van der Waals surface area contributed by atoms with Gasteiger partial charge >= 0.3 is 11.9 Å². The molecule has 4 N–H and O–H groups in total. The second kappa shape index (κ2) is 28.4. The smallest absolute Gasteiger partial charge is 0.306 e. The van der Waals surface area contributed by atoms with E-state index < -0.39 is 55.4 Å². The summed E-state index contributed by atoms with van der Waals surface area (Å²) in [6.07, 6.45) is 24.0. The first-order valence-corrected chi connectivity index (χ1v) is 17.4. The number of carbonyl (C=O) groups excluding carboxylic acids is 2. The van der Waals surface area contributed by atoms with Gasteiger partial charge in [-0.1, -0.05) is 126 Å². The van der Waals surface area contributed by atoms with Crippen molar-refractivity contribution in [2.75, 3.05) is 19.8 Å². The van der Waals surface area contributed by atoms with Crippen LogP contribution in [0.4, 0.5) is 0 Å². The Morgan fingerprint density at radius 3 is 1.87 bits per heavy atom. The molecule has 10 nitrogen and oxygen atoms in total. The van der Waals surface area contributed by atoms with Crippen LogP contribution in [0.5, 0.6) is 0 Å². The van der Waals surface area contributed by atoms with Crippen LogP contribution in [0, 0.1) is 0 Å². The highest BCUT2D eigenvalue weighted by atomic mass is 16.7. The average Bonchev–Trinajstić information content (AvgIpc) is 3.06. The summed E-state index contributed by atoms with van der Waals surface area (Å²) < 4.78 is 21.9. The lowest BCUT2D eigenvalue weighted by atomic mass is 9.99. The Labute approximate surface area is 281 Å². The van der Waals surface area contributed by atoms with E-state index in [1.807, 2.05) is 54.7 Å². The molecular weight excluding hydrogens is 604 g/mol. The maximum atomic E-state index is 12.6. The van der Waals surface area contributed by atoms with Crippen LogP contribution in [0.2, 0.25) is 0 Å². The lowest BCUT2D eigenvalue weighted by Gasteiger charge is -2.39. The van der Waals surface area contributed by atoms with E-state index in [4.69, 9.17) is 18.9 Å². The molecule has 3 unspecified atom stereocenters. The SMILES string of the molecule is CC/C=C/C=C/C=C/C=C/C=C/CCCC(=O)OC(COC(=O)CCCCCCCCCCC)CO[C@@H]1O[C@H](CO)[C@H](O)C(O)C1O. The third-order valence-corrected chi connectivity index (χ3v) is 7.54. The third-order valence-electron chi connectivity index (χ3n) is 7.54. The second-order valence-corrected chi connectivity index (χ2v) is 11.7. The van der Waals surface area contributed by atoms with Gasteiger partial charge in [-0.05, 0) is 25.7 Å². The minimum atomic E-state index is -1.61. The molecule has 47 heavy (non-hydrogen) atoms. The van der Waals surface area contributed by atoms with E-state index in [1.165, 1.54) is 32.1 Å². The summed E-state index contributed by atoms with van der Waals surface area (Å²) in [5.74, 6) is -0.905. The molecule has 0 aromatic rings. The van der Waals surface area contributed by atoms with E-state index in [2.05, 4.69) is 19.9 Å². The molecule has 0 spiro atoms. The van der Waals surface area contributed by atoms with Gasteiger partial charge in [0.05, 0.1) is 13.2 Å². The molecule has 0 aromatic heterocycles. The minimum Gasteiger partial charge on any atom is -0.462 e. The number of ether oxygens (including phenoxy) is 4. The van der Waals surface area contributed by atoms with Gasteiger partial charge in [-0.25, -0.2) is 0 Å². The number of rotatable bonds is 26. The van der Waals surface area contributed by atoms with Crippen molar-refractivity contribution in [3.05, 3.63) is 60.8 Å². The molecule has 0 bridgehead atoms. The normalized spacial score (nSPS) is 22.7. The Hall–Kier alpha value is -2.60. The van der Waals surface area contributed by atoms with Gasteiger partial charge in [-0.2, -0.15) is 0 Å². The molecule has 0 radical (unpaired) electrons. The first kappa shape index (κ1) is 42.4. The van der Waals surface area contributed by atoms with E-state index in [1.54, 1.807) is 0 Å². The van der Waals surface area contributed by atoms with E-state index in [-0.39, 0.29) is 26.1 Å². The second-order valence-electron chi connectivity index (χ2n) is 11.7. The number of aliphatic hydroxyl groups excluding tert-OH is 4. The first-order chi connectivity index (χ1) is 22.8. The molecule has 1 aliphatic heterocycles. The van der Waals surface area contributed by atoms with Crippen molar-refractivity contribution >= 4 is 11.9 Å². The highest BCUT2D eigenvalue weighted by molar-refractivity contribution is 5.70. The first-order valence-electron chi connectivity index (χ1n) is 17.4. The van der Waals surface area contributed by atoms with Crippen molar-refractivity contribution in [1.82, 2.24) is 0 Å². The van der Waals surface area contributed by atoms with Crippen LogP contribution < -0.4 is 0 Å². The van der Waals surface area contributed by atoms with Crippen molar-refractivity contribution < 1.29 is 49.0 Å². The van der Waals surface area contributed by atoms with Crippen LogP contribution in [-0.2, 0) is 28.5 Å². The Morgan fingerprint density at radius 1 is 0.681 bits per heavy atom. The van der Waals surface area contributed by atoms with E-state index in [9.17, 15) is 30.0 Å². The fraction of sp³-hybridized carbons (Fsp3) is 0.676. The van der Waals surface area contributed by atoms with Gasteiger partial charge < -0.3 is 39.4 Å². The minimum absolute atomic E-state index is 0.132. The zero-order chi connectivity index (χ0) is 34.5. The highest BCUT2D eigenvalue weighted by Gasteiger charge is 2.44. The summed E-state index contributed by atoms with van der Waals surface area (Å²) >= 11 is 0. The van der Waals surface area contributed by atoms with Crippen molar-refractivity contribution in [1.29, 1.82) is 0 Å².